The maximum Gasteiger partial charge on any atom is 0.252 e. The highest BCUT2D eigenvalue weighted by molar-refractivity contribution is 6.06. The lowest BCUT2D eigenvalue weighted by atomic mass is 10.1. The lowest BCUT2D eigenvalue weighted by Crippen LogP contribution is -2.31. The number of pyridine rings is 1. The number of carbonyl (C=O) groups is 1. The molecule has 112 valence electrons. The summed E-state index contributed by atoms with van der Waals surface area (Å²) in [5.74, 6) is 0.00254. The van der Waals surface area contributed by atoms with E-state index in [1.54, 1.807) is 36.4 Å². The molecule has 2 aromatic heterocycles. The van der Waals surface area contributed by atoms with Gasteiger partial charge in [0.1, 0.15) is 11.8 Å². The lowest BCUT2D eigenvalue weighted by Gasteiger charge is -2.14. The molecule has 1 aromatic carbocycles. The van der Waals surface area contributed by atoms with Crippen LogP contribution in [0.25, 0.3) is 10.9 Å². The largest absolute Gasteiger partial charge is 0.467 e. The van der Waals surface area contributed by atoms with Crippen LogP contribution in [0.1, 0.15) is 22.2 Å². The van der Waals surface area contributed by atoms with Crippen LogP contribution in [0, 0.1) is 0 Å². The molecule has 0 radical (unpaired) electrons. The molecule has 1 amide bonds. The number of H-pyrrole nitrogens is 1. The van der Waals surface area contributed by atoms with Gasteiger partial charge in [-0.05, 0) is 18.2 Å². The number of aromatic amines is 1. The minimum absolute atomic E-state index is 0.254. The summed E-state index contributed by atoms with van der Waals surface area (Å²) in [7, 11) is 0. The summed E-state index contributed by atoms with van der Waals surface area (Å²) in [6, 6.07) is 11.0. The number of aliphatic hydroxyl groups excluding tert-OH is 1. The van der Waals surface area contributed by atoms with Gasteiger partial charge in [0.25, 0.3) is 5.91 Å². The molecule has 3 N–H and O–H groups in total. The van der Waals surface area contributed by atoms with Crippen LogP contribution >= 0.6 is 0 Å². The molecule has 3 rings (SSSR count). The second kappa shape index (κ2) is 5.87. The molecular weight excluding hydrogens is 284 g/mol. The predicted molar refractivity (Wildman–Crippen MR) is 80.6 cm³/mol. The summed E-state index contributed by atoms with van der Waals surface area (Å²) in [4.78, 5) is 26.8. The fraction of sp³-hybridized carbons (Fsp3) is 0.125. The van der Waals surface area contributed by atoms with Crippen LogP contribution in [0.4, 0.5) is 0 Å². The van der Waals surface area contributed by atoms with Gasteiger partial charge >= 0.3 is 0 Å². The van der Waals surface area contributed by atoms with Gasteiger partial charge in [-0.1, -0.05) is 18.2 Å². The van der Waals surface area contributed by atoms with Crippen LogP contribution in [-0.4, -0.2) is 22.6 Å². The standard InChI is InChI=1S/C16H14N2O4/c19-9-13(14-6-3-7-22-14)18-16(21)11-8-15(20)17-12-5-2-1-4-10(11)12/h1-8,13,19H,9H2,(H,17,20)(H,18,21). The average molecular weight is 298 g/mol. The third-order valence-electron chi connectivity index (χ3n) is 3.37. The first-order chi connectivity index (χ1) is 10.7. The molecule has 0 aliphatic heterocycles. The number of aliphatic hydroxyl groups is 1. The highest BCUT2D eigenvalue weighted by Crippen LogP contribution is 2.17. The van der Waals surface area contributed by atoms with Gasteiger partial charge in [0.15, 0.2) is 0 Å². The SMILES string of the molecule is O=C(NC(CO)c1ccco1)c1cc(=O)[nH]c2ccccc12. The Morgan fingerprint density at radius 3 is 2.82 bits per heavy atom. The fourth-order valence-corrected chi connectivity index (χ4v) is 2.32. The Kier molecular flexibility index (Phi) is 3.76. The van der Waals surface area contributed by atoms with Crippen LogP contribution in [-0.2, 0) is 0 Å². The van der Waals surface area contributed by atoms with Gasteiger partial charge in [-0.2, -0.15) is 0 Å². The van der Waals surface area contributed by atoms with Gasteiger partial charge < -0.3 is 19.8 Å². The molecule has 6 heteroatoms. The average Bonchev–Trinajstić information content (AvgIpc) is 3.05. The smallest absolute Gasteiger partial charge is 0.252 e. The van der Waals surface area contributed by atoms with Crippen molar-refractivity contribution in [2.24, 2.45) is 0 Å². The summed E-state index contributed by atoms with van der Waals surface area (Å²) in [5.41, 5.74) is 0.477. The number of fused-ring (bicyclic) bond motifs is 1. The number of amides is 1. The van der Waals surface area contributed by atoms with E-state index in [2.05, 4.69) is 10.3 Å². The molecule has 2 heterocycles. The Hall–Kier alpha value is -2.86. The fourth-order valence-electron chi connectivity index (χ4n) is 2.32. The zero-order valence-electron chi connectivity index (χ0n) is 11.6. The highest BCUT2D eigenvalue weighted by Gasteiger charge is 2.19. The zero-order valence-corrected chi connectivity index (χ0v) is 11.6. The Bertz CT molecular complexity index is 852. The Balaban J connectivity index is 1.97. The van der Waals surface area contributed by atoms with Gasteiger partial charge in [0.2, 0.25) is 5.56 Å². The minimum atomic E-state index is -0.666. The summed E-state index contributed by atoms with van der Waals surface area (Å²) in [6.45, 7) is -0.305. The van der Waals surface area contributed by atoms with Gasteiger partial charge in [0.05, 0.1) is 18.4 Å². The first-order valence-corrected chi connectivity index (χ1v) is 6.76. The van der Waals surface area contributed by atoms with Gasteiger partial charge in [0, 0.05) is 17.0 Å². The zero-order chi connectivity index (χ0) is 15.5. The second-order valence-electron chi connectivity index (χ2n) is 4.82. The van der Waals surface area contributed by atoms with Crippen molar-refractivity contribution < 1.29 is 14.3 Å². The van der Waals surface area contributed by atoms with E-state index in [-0.39, 0.29) is 17.7 Å². The number of para-hydroxylation sites is 1. The summed E-state index contributed by atoms with van der Waals surface area (Å²) in [6.07, 6.45) is 1.47. The van der Waals surface area contributed by atoms with E-state index in [0.717, 1.165) is 0 Å². The number of carbonyl (C=O) groups excluding carboxylic acids is 1. The van der Waals surface area contributed by atoms with Crippen molar-refractivity contribution >= 4 is 16.8 Å². The van der Waals surface area contributed by atoms with Crippen LogP contribution < -0.4 is 10.9 Å². The molecule has 3 aromatic rings. The molecule has 1 unspecified atom stereocenters. The van der Waals surface area contributed by atoms with Gasteiger partial charge in [-0.15, -0.1) is 0 Å². The minimum Gasteiger partial charge on any atom is -0.467 e. The van der Waals surface area contributed by atoms with Crippen LogP contribution in [0.3, 0.4) is 0 Å². The molecule has 0 aliphatic carbocycles. The number of rotatable bonds is 4. The van der Waals surface area contributed by atoms with Crippen molar-refractivity contribution in [3.63, 3.8) is 0 Å². The number of furan rings is 1. The second-order valence-corrected chi connectivity index (χ2v) is 4.82. The molecule has 0 spiro atoms. The maximum atomic E-state index is 12.5. The molecule has 0 saturated carbocycles. The van der Waals surface area contributed by atoms with E-state index in [9.17, 15) is 14.7 Å². The van der Waals surface area contributed by atoms with Crippen LogP contribution in [0.5, 0.6) is 0 Å². The highest BCUT2D eigenvalue weighted by atomic mass is 16.3. The van der Waals surface area contributed by atoms with Crippen LogP contribution in [0.2, 0.25) is 0 Å². The van der Waals surface area contributed by atoms with Crippen molar-refractivity contribution in [3.8, 4) is 0 Å². The number of hydrogen-bond acceptors (Lipinski definition) is 4. The number of hydrogen-bond donors (Lipinski definition) is 3. The first kappa shape index (κ1) is 14.1. The summed E-state index contributed by atoms with van der Waals surface area (Å²) >= 11 is 0. The van der Waals surface area contributed by atoms with E-state index < -0.39 is 11.9 Å². The van der Waals surface area contributed by atoms with Gasteiger partial charge in [-0.25, -0.2) is 0 Å². The lowest BCUT2D eigenvalue weighted by molar-refractivity contribution is 0.0909. The molecule has 22 heavy (non-hydrogen) atoms. The molecular formula is C16H14N2O4. The summed E-state index contributed by atoms with van der Waals surface area (Å²) < 4.78 is 5.19. The van der Waals surface area contributed by atoms with E-state index in [1.807, 2.05) is 0 Å². The molecule has 6 nitrogen and oxygen atoms in total. The van der Waals surface area contributed by atoms with E-state index in [0.29, 0.717) is 16.7 Å². The van der Waals surface area contributed by atoms with E-state index >= 15 is 0 Å². The monoisotopic (exact) mass is 298 g/mol. The molecule has 0 saturated heterocycles. The first-order valence-electron chi connectivity index (χ1n) is 6.76. The topological polar surface area (TPSA) is 95.3 Å². The quantitative estimate of drug-likeness (QED) is 0.681. The summed E-state index contributed by atoms with van der Waals surface area (Å²) in [5, 5.41) is 12.7. The van der Waals surface area contributed by atoms with Crippen molar-refractivity contribution in [1.29, 1.82) is 0 Å². The number of nitrogens with one attached hydrogen (secondary N) is 2. The Morgan fingerprint density at radius 1 is 1.27 bits per heavy atom. The third-order valence-corrected chi connectivity index (χ3v) is 3.37. The predicted octanol–water partition coefficient (Wildman–Crippen LogP) is 1.58. The Morgan fingerprint density at radius 2 is 2.09 bits per heavy atom. The van der Waals surface area contributed by atoms with Crippen LogP contribution in [0.15, 0.2) is 57.9 Å². The molecule has 0 bridgehead atoms. The normalized spacial score (nSPS) is 12.2. The van der Waals surface area contributed by atoms with Crippen molar-refractivity contribution in [3.05, 3.63) is 70.4 Å². The number of benzene rings is 1. The molecule has 0 fully saturated rings. The Labute approximate surface area is 125 Å². The van der Waals surface area contributed by atoms with Crippen molar-refractivity contribution in [1.82, 2.24) is 10.3 Å². The third kappa shape index (κ3) is 2.64. The maximum absolute atomic E-state index is 12.5. The van der Waals surface area contributed by atoms with E-state index in [4.69, 9.17) is 4.42 Å². The van der Waals surface area contributed by atoms with Crippen molar-refractivity contribution in [2.45, 2.75) is 6.04 Å². The van der Waals surface area contributed by atoms with Gasteiger partial charge in [-0.3, -0.25) is 9.59 Å². The molecule has 1 atom stereocenters. The van der Waals surface area contributed by atoms with E-state index in [1.165, 1.54) is 12.3 Å². The van der Waals surface area contributed by atoms with Crippen molar-refractivity contribution in [2.75, 3.05) is 6.61 Å². The molecule has 0 aliphatic rings. The number of aromatic nitrogens is 1.